The molecule has 1 fully saturated rings. The highest BCUT2D eigenvalue weighted by Crippen LogP contribution is 2.09. The Kier molecular flexibility index (Phi) is 5.17. The molecular weight excluding hydrogens is 226 g/mol. The number of aliphatic carboxylic acids is 1. The Morgan fingerprint density at radius 1 is 1.47 bits per heavy atom. The van der Waals surface area contributed by atoms with Crippen LogP contribution in [0.1, 0.15) is 12.8 Å². The summed E-state index contributed by atoms with van der Waals surface area (Å²) in [6.07, 6.45) is 1.70. The molecule has 0 aromatic rings. The Labute approximate surface area is 99.8 Å². The van der Waals surface area contributed by atoms with E-state index in [2.05, 4.69) is 10.6 Å². The molecule has 1 aliphatic heterocycles. The molecular formula is C10H19N3O4. The molecule has 0 aromatic heterocycles. The van der Waals surface area contributed by atoms with Gasteiger partial charge in [0.2, 0.25) is 0 Å². The molecule has 98 valence electrons. The van der Waals surface area contributed by atoms with E-state index >= 15 is 0 Å². The van der Waals surface area contributed by atoms with Crippen LogP contribution in [0.2, 0.25) is 0 Å². The predicted molar refractivity (Wildman–Crippen MR) is 60.7 cm³/mol. The summed E-state index contributed by atoms with van der Waals surface area (Å²) in [6.45, 7) is 1.09. The molecule has 1 rings (SSSR count). The van der Waals surface area contributed by atoms with Gasteiger partial charge in [0.15, 0.2) is 6.04 Å². The zero-order valence-corrected chi connectivity index (χ0v) is 9.85. The van der Waals surface area contributed by atoms with Crippen molar-refractivity contribution in [2.45, 2.75) is 24.9 Å². The van der Waals surface area contributed by atoms with E-state index < -0.39 is 24.6 Å². The van der Waals surface area contributed by atoms with Crippen molar-refractivity contribution in [2.24, 2.45) is 0 Å². The van der Waals surface area contributed by atoms with Crippen LogP contribution in [0.5, 0.6) is 0 Å². The molecule has 0 saturated carbocycles. The summed E-state index contributed by atoms with van der Waals surface area (Å²) in [5.74, 6) is -1.24. The Morgan fingerprint density at radius 3 is 2.53 bits per heavy atom. The first-order valence-corrected chi connectivity index (χ1v) is 5.64. The number of carbonyl (C=O) groups is 2. The van der Waals surface area contributed by atoms with E-state index in [0.29, 0.717) is 0 Å². The molecule has 0 aliphatic carbocycles. The number of amides is 2. The first-order chi connectivity index (χ1) is 8.06. The average molecular weight is 245 g/mol. The third kappa shape index (κ3) is 3.86. The fraction of sp³-hybridized carbons (Fsp3) is 0.800. The van der Waals surface area contributed by atoms with Crippen molar-refractivity contribution in [1.29, 1.82) is 0 Å². The van der Waals surface area contributed by atoms with Gasteiger partial charge in [-0.1, -0.05) is 0 Å². The molecule has 1 atom stereocenters. The summed E-state index contributed by atoms with van der Waals surface area (Å²) in [4.78, 5) is 23.9. The highest BCUT2D eigenvalue weighted by molar-refractivity contribution is 5.82. The van der Waals surface area contributed by atoms with Crippen LogP contribution in [0, 0.1) is 0 Å². The number of piperidine rings is 1. The first kappa shape index (κ1) is 13.7. The molecule has 4 N–H and O–H groups in total. The molecule has 0 bridgehead atoms. The van der Waals surface area contributed by atoms with Crippen LogP contribution >= 0.6 is 0 Å². The number of carbonyl (C=O) groups excluding carboxylic acids is 1. The molecule has 7 nitrogen and oxygen atoms in total. The summed E-state index contributed by atoms with van der Waals surface area (Å²) in [7, 11) is 1.64. The van der Waals surface area contributed by atoms with Gasteiger partial charge in [0.25, 0.3) is 0 Å². The number of rotatable bonds is 4. The van der Waals surface area contributed by atoms with Gasteiger partial charge in [-0.3, -0.25) is 0 Å². The monoisotopic (exact) mass is 245 g/mol. The van der Waals surface area contributed by atoms with Crippen LogP contribution in [0.15, 0.2) is 0 Å². The number of carboxylic acid groups (broad SMARTS) is 1. The van der Waals surface area contributed by atoms with Gasteiger partial charge < -0.3 is 25.7 Å². The van der Waals surface area contributed by atoms with Gasteiger partial charge in [-0.15, -0.1) is 0 Å². The highest BCUT2D eigenvalue weighted by atomic mass is 16.4. The molecule has 7 heteroatoms. The third-order valence-electron chi connectivity index (χ3n) is 2.96. The summed E-state index contributed by atoms with van der Waals surface area (Å²) >= 11 is 0. The quantitative estimate of drug-likeness (QED) is 0.499. The smallest absolute Gasteiger partial charge is 0.328 e. The van der Waals surface area contributed by atoms with Crippen LogP contribution in [-0.2, 0) is 4.79 Å². The van der Waals surface area contributed by atoms with E-state index in [1.54, 1.807) is 7.05 Å². The largest absolute Gasteiger partial charge is 0.480 e. The first-order valence-electron chi connectivity index (χ1n) is 5.64. The standard InChI is InChI=1S/C10H19N3O4/c1-13(7-2-4-11-5-3-7)10(17)12-8(6-14)9(15)16/h7-8,11,14H,2-6H2,1H3,(H,12,17)(H,15,16). The maximum Gasteiger partial charge on any atom is 0.328 e. The van der Waals surface area contributed by atoms with Crippen LogP contribution < -0.4 is 10.6 Å². The SMILES string of the molecule is CN(C(=O)NC(CO)C(=O)O)C1CCNCC1. The van der Waals surface area contributed by atoms with Crippen molar-refractivity contribution in [3.05, 3.63) is 0 Å². The van der Waals surface area contributed by atoms with E-state index in [9.17, 15) is 9.59 Å². The lowest BCUT2D eigenvalue weighted by Gasteiger charge is -2.32. The summed E-state index contributed by atoms with van der Waals surface area (Å²) < 4.78 is 0. The van der Waals surface area contributed by atoms with Crippen molar-refractivity contribution in [2.75, 3.05) is 26.7 Å². The average Bonchev–Trinajstić information content (AvgIpc) is 2.35. The van der Waals surface area contributed by atoms with Gasteiger partial charge in [-0.2, -0.15) is 0 Å². The van der Waals surface area contributed by atoms with E-state index in [-0.39, 0.29) is 6.04 Å². The summed E-state index contributed by atoms with van der Waals surface area (Å²) in [5.41, 5.74) is 0. The fourth-order valence-electron chi connectivity index (χ4n) is 1.80. The number of urea groups is 1. The molecule has 1 heterocycles. The van der Waals surface area contributed by atoms with E-state index in [4.69, 9.17) is 10.2 Å². The number of nitrogens with one attached hydrogen (secondary N) is 2. The normalized spacial score (nSPS) is 18.5. The Bertz CT molecular complexity index is 279. The molecule has 0 spiro atoms. The van der Waals surface area contributed by atoms with Crippen LogP contribution in [0.25, 0.3) is 0 Å². The number of hydrogen-bond acceptors (Lipinski definition) is 4. The lowest BCUT2D eigenvalue weighted by atomic mass is 10.1. The minimum atomic E-state index is -1.24. The van der Waals surface area contributed by atoms with Crippen LogP contribution in [-0.4, -0.2) is 65.9 Å². The van der Waals surface area contributed by atoms with E-state index in [1.165, 1.54) is 4.90 Å². The van der Waals surface area contributed by atoms with Gasteiger partial charge in [0.1, 0.15) is 0 Å². The Morgan fingerprint density at radius 2 is 2.06 bits per heavy atom. The fourth-order valence-corrected chi connectivity index (χ4v) is 1.80. The molecule has 0 radical (unpaired) electrons. The summed E-state index contributed by atoms with van der Waals surface area (Å²) in [5, 5.41) is 23.0. The van der Waals surface area contributed by atoms with Crippen molar-refractivity contribution < 1.29 is 19.8 Å². The van der Waals surface area contributed by atoms with Gasteiger partial charge in [-0.25, -0.2) is 9.59 Å². The van der Waals surface area contributed by atoms with Crippen LogP contribution in [0.3, 0.4) is 0 Å². The lowest BCUT2D eigenvalue weighted by molar-refractivity contribution is -0.140. The Hall–Kier alpha value is -1.34. The zero-order valence-electron chi connectivity index (χ0n) is 9.85. The van der Waals surface area contributed by atoms with E-state index in [1.807, 2.05) is 0 Å². The second-order valence-electron chi connectivity index (χ2n) is 4.11. The molecule has 1 unspecified atom stereocenters. The molecule has 1 aliphatic rings. The topological polar surface area (TPSA) is 102 Å². The summed E-state index contributed by atoms with van der Waals surface area (Å²) in [6, 6.07) is -1.59. The van der Waals surface area contributed by atoms with Crippen molar-refractivity contribution in [3.63, 3.8) is 0 Å². The Balaban J connectivity index is 2.47. The number of hydrogen-bond donors (Lipinski definition) is 4. The molecule has 17 heavy (non-hydrogen) atoms. The second kappa shape index (κ2) is 6.41. The van der Waals surface area contributed by atoms with Gasteiger partial charge in [-0.05, 0) is 25.9 Å². The maximum atomic E-state index is 11.7. The number of aliphatic hydroxyl groups is 1. The predicted octanol–water partition coefficient (Wildman–Crippen LogP) is -1.17. The molecule has 0 aromatic carbocycles. The lowest BCUT2D eigenvalue weighted by Crippen LogP contribution is -2.52. The third-order valence-corrected chi connectivity index (χ3v) is 2.96. The van der Waals surface area contributed by atoms with E-state index in [0.717, 1.165) is 25.9 Å². The maximum absolute atomic E-state index is 11.7. The van der Waals surface area contributed by atoms with Gasteiger partial charge >= 0.3 is 12.0 Å². The van der Waals surface area contributed by atoms with Crippen molar-refractivity contribution >= 4 is 12.0 Å². The number of nitrogens with zero attached hydrogens (tertiary/aromatic N) is 1. The number of aliphatic hydroxyl groups excluding tert-OH is 1. The minimum Gasteiger partial charge on any atom is -0.480 e. The van der Waals surface area contributed by atoms with Gasteiger partial charge in [0.05, 0.1) is 6.61 Å². The molecule has 1 saturated heterocycles. The highest BCUT2D eigenvalue weighted by Gasteiger charge is 2.25. The van der Waals surface area contributed by atoms with Crippen molar-refractivity contribution in [1.82, 2.24) is 15.5 Å². The van der Waals surface area contributed by atoms with Crippen LogP contribution in [0.4, 0.5) is 4.79 Å². The van der Waals surface area contributed by atoms with Crippen molar-refractivity contribution in [3.8, 4) is 0 Å². The second-order valence-corrected chi connectivity index (χ2v) is 4.11. The molecule has 2 amide bonds. The zero-order chi connectivity index (χ0) is 12.8. The number of carboxylic acids is 1. The minimum absolute atomic E-state index is 0.115. The van der Waals surface area contributed by atoms with Gasteiger partial charge in [0, 0.05) is 13.1 Å².